The molecule has 182 valence electrons. The van der Waals surface area contributed by atoms with Crippen LogP contribution in [-0.4, -0.2) is 58.1 Å². The third-order valence-corrected chi connectivity index (χ3v) is 7.39. The molecule has 2 aromatic heterocycles. The summed E-state index contributed by atoms with van der Waals surface area (Å²) in [4.78, 5) is 28.1. The monoisotopic (exact) mass is 478 g/mol. The zero-order valence-corrected chi connectivity index (χ0v) is 19.3. The van der Waals surface area contributed by atoms with E-state index in [0.717, 1.165) is 34.5 Å². The first kappa shape index (κ1) is 21.7. The van der Waals surface area contributed by atoms with Gasteiger partial charge in [0.25, 0.3) is 11.5 Å². The Morgan fingerprint density at radius 2 is 1.97 bits per heavy atom. The average molecular weight is 478 g/mol. The van der Waals surface area contributed by atoms with Gasteiger partial charge in [-0.15, -0.1) is 0 Å². The number of nitrogens with one attached hydrogen (secondary N) is 1. The molecule has 6 rings (SSSR count). The molecule has 1 fully saturated rings. The summed E-state index contributed by atoms with van der Waals surface area (Å²) < 4.78 is 12.4. The second-order valence-corrected chi connectivity index (χ2v) is 9.31. The van der Waals surface area contributed by atoms with Crippen molar-refractivity contribution in [3.05, 3.63) is 62.3 Å². The number of aromatic amines is 1. The Labute approximate surface area is 200 Å². The third kappa shape index (κ3) is 3.22. The molecular formula is C24H24N5O6-. The molecular weight excluding hydrogens is 454 g/mol. The zero-order valence-electron chi connectivity index (χ0n) is 19.3. The van der Waals surface area contributed by atoms with Gasteiger partial charge in [0.15, 0.2) is 11.5 Å². The predicted molar refractivity (Wildman–Crippen MR) is 125 cm³/mol. The van der Waals surface area contributed by atoms with Gasteiger partial charge in [-0.25, -0.2) is 0 Å². The number of amides is 1. The Morgan fingerprint density at radius 3 is 2.71 bits per heavy atom. The molecule has 1 aromatic carbocycles. The van der Waals surface area contributed by atoms with Crippen LogP contribution in [0.25, 0.3) is 11.3 Å². The number of hydrogen-bond acceptors (Lipinski definition) is 8. The van der Waals surface area contributed by atoms with E-state index in [0.29, 0.717) is 43.2 Å². The Kier molecular flexibility index (Phi) is 4.87. The Morgan fingerprint density at radius 1 is 1.20 bits per heavy atom. The molecule has 1 saturated heterocycles. The van der Waals surface area contributed by atoms with Crippen molar-refractivity contribution in [3.63, 3.8) is 0 Å². The highest BCUT2D eigenvalue weighted by atomic mass is 16.8. The number of anilines is 1. The number of ether oxygens (including phenoxy) is 2. The molecule has 11 nitrogen and oxygen atoms in total. The fourth-order valence-corrected chi connectivity index (χ4v) is 5.82. The highest BCUT2D eigenvalue weighted by Crippen LogP contribution is 2.43. The summed E-state index contributed by atoms with van der Waals surface area (Å²) in [5.41, 5.74) is 3.99. The number of benzene rings is 1. The Balaban J connectivity index is 1.29. The van der Waals surface area contributed by atoms with E-state index in [9.17, 15) is 20.0 Å². The SMILES string of the molecule is COc1cc2c(cc1OC)-c1n[nH]c(C(=O)N3CC4CC(C3)c3ccc(N([O-])O)c(=O)n3C4)c1C2. The quantitative estimate of drug-likeness (QED) is 0.426. The second kappa shape index (κ2) is 7.85. The van der Waals surface area contributed by atoms with Crippen LogP contribution < -0.4 is 20.3 Å². The van der Waals surface area contributed by atoms with Gasteiger partial charge in [-0.1, -0.05) is 0 Å². The normalized spacial score (nSPS) is 19.6. The lowest BCUT2D eigenvalue weighted by atomic mass is 9.83. The van der Waals surface area contributed by atoms with Crippen LogP contribution in [0.15, 0.2) is 29.1 Å². The largest absolute Gasteiger partial charge is 0.733 e. The minimum absolute atomic E-state index is 0.0336. The number of H-pyrrole nitrogens is 1. The molecule has 4 heterocycles. The topological polar surface area (TPSA) is 136 Å². The van der Waals surface area contributed by atoms with Gasteiger partial charge in [0.05, 0.1) is 19.9 Å². The molecule has 2 atom stereocenters. The molecule has 0 saturated carbocycles. The fraction of sp³-hybridized carbons (Fsp3) is 0.375. The van der Waals surface area contributed by atoms with Crippen LogP contribution >= 0.6 is 0 Å². The minimum Gasteiger partial charge on any atom is -0.733 e. The average Bonchev–Trinajstić information content (AvgIpc) is 3.42. The number of aromatic nitrogens is 3. The lowest BCUT2D eigenvalue weighted by Crippen LogP contribution is -2.49. The first-order valence-corrected chi connectivity index (χ1v) is 11.4. The number of piperidine rings is 1. The minimum atomic E-state index is -0.510. The predicted octanol–water partition coefficient (Wildman–Crippen LogP) is 2.11. The summed E-state index contributed by atoms with van der Waals surface area (Å²) in [5, 5.41) is 27.5. The first-order valence-electron chi connectivity index (χ1n) is 11.4. The van der Waals surface area contributed by atoms with Gasteiger partial charge in [-0.3, -0.25) is 19.9 Å². The highest BCUT2D eigenvalue weighted by Gasteiger charge is 2.39. The molecule has 1 amide bonds. The van der Waals surface area contributed by atoms with E-state index >= 15 is 0 Å². The van der Waals surface area contributed by atoms with Crippen LogP contribution in [0.2, 0.25) is 0 Å². The summed E-state index contributed by atoms with van der Waals surface area (Å²) in [5.74, 6) is 1.16. The molecule has 11 heteroatoms. The molecule has 3 aliphatic rings. The molecule has 2 unspecified atom stereocenters. The Bertz CT molecular complexity index is 1410. The summed E-state index contributed by atoms with van der Waals surface area (Å²) in [6.45, 7) is 1.34. The van der Waals surface area contributed by atoms with Gasteiger partial charge in [0.1, 0.15) is 11.4 Å². The van der Waals surface area contributed by atoms with Crippen LogP contribution in [0.3, 0.4) is 0 Å². The van der Waals surface area contributed by atoms with Crippen molar-refractivity contribution in [1.29, 1.82) is 0 Å². The molecule has 0 radical (unpaired) electrons. The van der Waals surface area contributed by atoms with Crippen molar-refractivity contribution in [3.8, 4) is 22.8 Å². The molecule has 35 heavy (non-hydrogen) atoms. The highest BCUT2D eigenvalue weighted by molar-refractivity contribution is 5.97. The number of methoxy groups -OCH3 is 2. The summed E-state index contributed by atoms with van der Waals surface area (Å²) in [6, 6.07) is 6.84. The Hall–Kier alpha value is -3.83. The summed E-state index contributed by atoms with van der Waals surface area (Å²) in [7, 11) is 3.18. The number of fused-ring (bicyclic) bond motifs is 7. The molecule has 2 N–H and O–H groups in total. The maximum atomic E-state index is 13.6. The molecule has 0 spiro atoms. The molecule has 2 aliphatic heterocycles. The number of rotatable bonds is 4. The van der Waals surface area contributed by atoms with Crippen molar-refractivity contribution in [2.45, 2.75) is 25.3 Å². The fourth-order valence-electron chi connectivity index (χ4n) is 5.82. The standard InChI is InChI=1S/C24H24N5O6/c1-34-19-7-13-6-16-21(15(13)8-20(19)35-2)25-26-22(16)24(31)27-9-12-5-14(11-27)17-3-4-18(29(32)33)23(30)28(17)10-12/h3-4,7-8,12,14,32H,5-6,9-11H2,1-2H3,(H,25,26)/q-1. The van der Waals surface area contributed by atoms with Gasteiger partial charge in [0, 0.05) is 48.8 Å². The van der Waals surface area contributed by atoms with E-state index in [2.05, 4.69) is 10.2 Å². The van der Waals surface area contributed by atoms with Gasteiger partial charge in [-0.2, -0.15) is 5.10 Å². The van der Waals surface area contributed by atoms with E-state index in [1.807, 2.05) is 17.0 Å². The van der Waals surface area contributed by atoms with Crippen molar-refractivity contribution < 1.29 is 19.5 Å². The van der Waals surface area contributed by atoms with Crippen molar-refractivity contribution in [1.82, 2.24) is 19.7 Å². The lowest BCUT2D eigenvalue weighted by molar-refractivity contribution is 0.0588. The maximum absolute atomic E-state index is 13.6. The molecule has 2 bridgehead atoms. The maximum Gasteiger partial charge on any atom is 0.275 e. The number of pyridine rings is 1. The number of nitrogens with zero attached hydrogens (tertiary/aromatic N) is 4. The van der Waals surface area contributed by atoms with E-state index in [1.54, 1.807) is 24.9 Å². The summed E-state index contributed by atoms with van der Waals surface area (Å²) >= 11 is 0. The number of carbonyl (C=O) groups excluding carboxylic acids is 1. The van der Waals surface area contributed by atoms with Crippen molar-refractivity contribution in [2.75, 3.05) is 32.5 Å². The lowest BCUT2D eigenvalue weighted by Gasteiger charge is -2.43. The summed E-state index contributed by atoms with van der Waals surface area (Å²) in [6.07, 6.45) is 1.42. The molecule has 3 aromatic rings. The zero-order chi connectivity index (χ0) is 24.4. The van der Waals surface area contributed by atoms with Gasteiger partial charge < -0.3 is 29.4 Å². The smallest absolute Gasteiger partial charge is 0.275 e. The van der Waals surface area contributed by atoms with E-state index in [4.69, 9.17) is 9.47 Å². The third-order valence-electron chi connectivity index (χ3n) is 7.39. The van der Waals surface area contributed by atoms with E-state index in [1.165, 1.54) is 6.07 Å². The first-order chi connectivity index (χ1) is 16.9. The van der Waals surface area contributed by atoms with Gasteiger partial charge in [-0.05, 0) is 42.2 Å². The van der Waals surface area contributed by atoms with Gasteiger partial charge >= 0.3 is 0 Å². The number of hydrogen-bond donors (Lipinski definition) is 2. The van der Waals surface area contributed by atoms with Crippen LogP contribution in [0.1, 0.15) is 39.6 Å². The second-order valence-electron chi connectivity index (χ2n) is 9.31. The van der Waals surface area contributed by atoms with Crippen molar-refractivity contribution in [2.24, 2.45) is 5.92 Å². The number of carbonyl (C=O) groups is 1. The van der Waals surface area contributed by atoms with E-state index < -0.39 is 10.8 Å². The van der Waals surface area contributed by atoms with E-state index in [-0.39, 0.29) is 23.4 Å². The van der Waals surface area contributed by atoms with Crippen LogP contribution in [0.4, 0.5) is 5.69 Å². The van der Waals surface area contributed by atoms with Crippen LogP contribution in [0, 0.1) is 11.1 Å². The number of likely N-dealkylation sites (tertiary alicyclic amines) is 1. The van der Waals surface area contributed by atoms with Crippen LogP contribution in [0.5, 0.6) is 11.5 Å². The molecule has 1 aliphatic carbocycles. The van der Waals surface area contributed by atoms with Crippen LogP contribution in [-0.2, 0) is 13.0 Å². The van der Waals surface area contributed by atoms with Gasteiger partial charge in [0.2, 0.25) is 0 Å². The van der Waals surface area contributed by atoms with Crippen molar-refractivity contribution >= 4 is 11.6 Å².